The molecule has 2 heterocycles. The highest BCUT2D eigenvalue weighted by molar-refractivity contribution is 5.82. The second-order valence-corrected chi connectivity index (χ2v) is 3.77. The zero-order valence-corrected chi connectivity index (χ0v) is 9.15. The summed E-state index contributed by atoms with van der Waals surface area (Å²) in [5, 5.41) is 13.3. The molecule has 0 aromatic carbocycles. The molecule has 0 bridgehead atoms. The quantitative estimate of drug-likeness (QED) is 0.585. The normalized spacial score (nSPS) is 20.6. The van der Waals surface area contributed by atoms with Crippen LogP contribution in [0.1, 0.15) is 0 Å². The van der Waals surface area contributed by atoms with Gasteiger partial charge in [-0.1, -0.05) is 0 Å². The van der Waals surface area contributed by atoms with E-state index < -0.39 is 0 Å². The van der Waals surface area contributed by atoms with E-state index in [2.05, 4.69) is 21.0 Å². The average Bonchev–Trinajstić information content (AvgIpc) is 2.83. The molecule has 1 aromatic heterocycles. The van der Waals surface area contributed by atoms with E-state index in [4.69, 9.17) is 0 Å². The van der Waals surface area contributed by atoms with Crippen molar-refractivity contribution in [2.75, 3.05) is 26.2 Å². The van der Waals surface area contributed by atoms with Crippen molar-refractivity contribution in [3.8, 4) is 0 Å². The molecule has 1 saturated heterocycles. The SMILES string of the molecule is O=C(NCCn1cccn1)C1CNCCN1. The van der Waals surface area contributed by atoms with Crippen LogP contribution in [0.25, 0.3) is 0 Å². The maximum Gasteiger partial charge on any atom is 0.238 e. The Hall–Kier alpha value is -1.40. The van der Waals surface area contributed by atoms with Crippen LogP contribution in [0.4, 0.5) is 0 Å². The Labute approximate surface area is 94.4 Å². The Bertz CT molecular complexity index is 318. The Morgan fingerprint density at radius 1 is 1.56 bits per heavy atom. The number of hydrogen-bond acceptors (Lipinski definition) is 4. The van der Waals surface area contributed by atoms with Gasteiger partial charge in [0.1, 0.15) is 0 Å². The third-order valence-corrected chi connectivity index (χ3v) is 2.56. The molecule has 1 atom stereocenters. The molecule has 88 valence electrons. The van der Waals surface area contributed by atoms with E-state index in [1.54, 1.807) is 10.9 Å². The number of amides is 1. The lowest BCUT2D eigenvalue weighted by Crippen LogP contribution is -2.55. The fraction of sp³-hybridized carbons (Fsp3) is 0.600. The van der Waals surface area contributed by atoms with Crippen LogP contribution in [0.2, 0.25) is 0 Å². The van der Waals surface area contributed by atoms with Gasteiger partial charge >= 0.3 is 0 Å². The van der Waals surface area contributed by atoms with Gasteiger partial charge in [-0.05, 0) is 6.07 Å². The van der Waals surface area contributed by atoms with E-state index >= 15 is 0 Å². The van der Waals surface area contributed by atoms with Gasteiger partial charge in [-0.15, -0.1) is 0 Å². The molecule has 1 aromatic rings. The van der Waals surface area contributed by atoms with Crippen molar-refractivity contribution in [1.82, 2.24) is 25.7 Å². The Morgan fingerprint density at radius 3 is 3.19 bits per heavy atom. The predicted molar refractivity (Wildman–Crippen MR) is 59.9 cm³/mol. The third kappa shape index (κ3) is 3.04. The molecule has 1 amide bonds. The van der Waals surface area contributed by atoms with Crippen molar-refractivity contribution in [2.45, 2.75) is 12.6 Å². The zero-order valence-electron chi connectivity index (χ0n) is 9.15. The fourth-order valence-electron chi connectivity index (χ4n) is 1.69. The van der Waals surface area contributed by atoms with Gasteiger partial charge in [0.05, 0.1) is 12.6 Å². The molecular weight excluding hydrogens is 206 g/mol. The van der Waals surface area contributed by atoms with E-state index in [0.717, 1.165) is 13.1 Å². The lowest BCUT2D eigenvalue weighted by Gasteiger charge is -2.23. The Balaban J connectivity index is 1.67. The van der Waals surface area contributed by atoms with Crippen LogP contribution in [-0.4, -0.2) is 47.9 Å². The number of nitrogens with zero attached hydrogens (tertiary/aromatic N) is 2. The predicted octanol–water partition coefficient (Wildman–Crippen LogP) is -1.44. The molecule has 6 nitrogen and oxygen atoms in total. The molecule has 0 saturated carbocycles. The smallest absolute Gasteiger partial charge is 0.238 e. The van der Waals surface area contributed by atoms with Crippen molar-refractivity contribution < 1.29 is 4.79 Å². The third-order valence-electron chi connectivity index (χ3n) is 2.56. The lowest BCUT2D eigenvalue weighted by molar-refractivity contribution is -0.123. The van der Waals surface area contributed by atoms with Crippen LogP contribution in [-0.2, 0) is 11.3 Å². The van der Waals surface area contributed by atoms with Crippen molar-refractivity contribution in [1.29, 1.82) is 0 Å². The van der Waals surface area contributed by atoms with E-state index in [1.807, 2.05) is 12.3 Å². The molecule has 0 spiro atoms. The van der Waals surface area contributed by atoms with E-state index in [-0.39, 0.29) is 11.9 Å². The molecule has 6 heteroatoms. The molecule has 3 N–H and O–H groups in total. The second-order valence-electron chi connectivity index (χ2n) is 3.77. The summed E-state index contributed by atoms with van der Waals surface area (Å²) in [4.78, 5) is 11.7. The maximum atomic E-state index is 11.7. The molecule has 2 rings (SSSR count). The summed E-state index contributed by atoms with van der Waals surface area (Å²) < 4.78 is 1.80. The number of carbonyl (C=O) groups excluding carboxylic acids is 1. The average molecular weight is 223 g/mol. The molecule has 1 aliphatic heterocycles. The second kappa shape index (κ2) is 5.62. The van der Waals surface area contributed by atoms with Gasteiger partial charge in [0.2, 0.25) is 5.91 Å². The van der Waals surface area contributed by atoms with E-state index in [1.165, 1.54) is 0 Å². The van der Waals surface area contributed by atoms with Crippen LogP contribution in [0, 0.1) is 0 Å². The number of aromatic nitrogens is 2. The Morgan fingerprint density at radius 2 is 2.50 bits per heavy atom. The molecular formula is C10H17N5O. The standard InChI is InChI=1S/C10H17N5O/c16-10(9-8-11-3-4-12-9)13-5-7-15-6-1-2-14-15/h1-2,6,9,11-12H,3-5,7-8H2,(H,13,16). The first-order chi connectivity index (χ1) is 7.86. The van der Waals surface area contributed by atoms with E-state index in [0.29, 0.717) is 19.6 Å². The van der Waals surface area contributed by atoms with Gasteiger partial charge < -0.3 is 16.0 Å². The van der Waals surface area contributed by atoms with Crippen molar-refractivity contribution in [2.24, 2.45) is 0 Å². The summed E-state index contributed by atoms with van der Waals surface area (Å²) in [7, 11) is 0. The molecule has 0 radical (unpaired) electrons. The molecule has 1 fully saturated rings. The highest BCUT2D eigenvalue weighted by atomic mass is 16.2. The van der Waals surface area contributed by atoms with Gasteiger partial charge in [0, 0.05) is 38.6 Å². The maximum absolute atomic E-state index is 11.7. The summed E-state index contributed by atoms with van der Waals surface area (Å²) in [6.07, 6.45) is 3.61. The summed E-state index contributed by atoms with van der Waals surface area (Å²) in [5.41, 5.74) is 0. The summed E-state index contributed by atoms with van der Waals surface area (Å²) in [5.74, 6) is 0.0550. The van der Waals surface area contributed by atoms with Crippen LogP contribution in [0.3, 0.4) is 0 Å². The van der Waals surface area contributed by atoms with Crippen molar-refractivity contribution in [3.05, 3.63) is 18.5 Å². The number of piperazine rings is 1. The van der Waals surface area contributed by atoms with Gasteiger partial charge in [0.25, 0.3) is 0 Å². The van der Waals surface area contributed by atoms with Gasteiger partial charge in [0.15, 0.2) is 0 Å². The monoisotopic (exact) mass is 223 g/mol. The molecule has 16 heavy (non-hydrogen) atoms. The topological polar surface area (TPSA) is 71.0 Å². The molecule has 1 unspecified atom stereocenters. The summed E-state index contributed by atoms with van der Waals surface area (Å²) in [6, 6.07) is 1.76. The van der Waals surface area contributed by atoms with Crippen LogP contribution < -0.4 is 16.0 Å². The number of carbonyl (C=O) groups is 1. The highest BCUT2D eigenvalue weighted by Crippen LogP contribution is 1.88. The number of hydrogen-bond donors (Lipinski definition) is 3. The van der Waals surface area contributed by atoms with Gasteiger partial charge in [-0.3, -0.25) is 9.48 Å². The lowest BCUT2D eigenvalue weighted by atomic mass is 10.2. The minimum Gasteiger partial charge on any atom is -0.353 e. The van der Waals surface area contributed by atoms with Crippen LogP contribution >= 0.6 is 0 Å². The minimum atomic E-state index is -0.105. The first-order valence-corrected chi connectivity index (χ1v) is 5.55. The highest BCUT2D eigenvalue weighted by Gasteiger charge is 2.19. The van der Waals surface area contributed by atoms with Gasteiger partial charge in [-0.2, -0.15) is 5.10 Å². The van der Waals surface area contributed by atoms with Crippen molar-refractivity contribution >= 4 is 5.91 Å². The van der Waals surface area contributed by atoms with Crippen LogP contribution in [0.15, 0.2) is 18.5 Å². The molecule has 1 aliphatic rings. The van der Waals surface area contributed by atoms with Gasteiger partial charge in [-0.25, -0.2) is 0 Å². The number of nitrogens with one attached hydrogen (secondary N) is 3. The number of rotatable bonds is 4. The van der Waals surface area contributed by atoms with E-state index in [9.17, 15) is 4.79 Å². The first kappa shape index (κ1) is 11.1. The summed E-state index contributed by atoms with van der Waals surface area (Å²) in [6.45, 7) is 3.79. The largest absolute Gasteiger partial charge is 0.353 e. The zero-order chi connectivity index (χ0) is 11.2. The summed E-state index contributed by atoms with van der Waals surface area (Å²) >= 11 is 0. The fourth-order valence-corrected chi connectivity index (χ4v) is 1.69. The molecule has 0 aliphatic carbocycles. The minimum absolute atomic E-state index is 0.0550. The van der Waals surface area contributed by atoms with Crippen LogP contribution in [0.5, 0.6) is 0 Å². The van der Waals surface area contributed by atoms with Crippen molar-refractivity contribution in [3.63, 3.8) is 0 Å². The Kier molecular flexibility index (Phi) is 3.90. The first-order valence-electron chi connectivity index (χ1n) is 5.55.